The molecule has 1 saturated heterocycles. The number of rotatable bonds is 2. The number of carbonyl (C=O) groups excluding carboxylic acids is 1. The van der Waals surface area contributed by atoms with E-state index in [1.807, 2.05) is 47.6 Å². The van der Waals surface area contributed by atoms with Gasteiger partial charge < -0.3 is 9.88 Å². The fourth-order valence-corrected chi connectivity index (χ4v) is 3.97. The second-order valence-electron chi connectivity index (χ2n) is 5.12. The van der Waals surface area contributed by atoms with Gasteiger partial charge in [-0.1, -0.05) is 17.7 Å². The predicted molar refractivity (Wildman–Crippen MR) is 85.7 cm³/mol. The molecule has 0 saturated carbocycles. The summed E-state index contributed by atoms with van der Waals surface area (Å²) >= 11 is 8.15. The molecular formula is C15H17ClN2OS. The predicted octanol–water partition coefficient (Wildman–Crippen LogP) is 3.46. The third-order valence-corrected chi connectivity index (χ3v) is 5.20. The van der Waals surface area contributed by atoms with Gasteiger partial charge in [0.2, 0.25) is 0 Å². The molecule has 3 rings (SSSR count). The highest BCUT2D eigenvalue weighted by atomic mass is 35.5. The number of aryl methyl sites for hydroxylation is 1. The second-order valence-corrected chi connectivity index (χ2v) is 6.75. The van der Waals surface area contributed by atoms with Crippen molar-refractivity contribution in [1.29, 1.82) is 0 Å². The van der Waals surface area contributed by atoms with Crippen LogP contribution in [0.3, 0.4) is 0 Å². The SMILES string of the molecule is Cn1c(C(=O)NC2CCSCC2)cc2c(Cl)cccc21. The van der Waals surface area contributed by atoms with Gasteiger partial charge >= 0.3 is 0 Å². The molecule has 1 aromatic heterocycles. The minimum Gasteiger partial charge on any atom is -0.348 e. The summed E-state index contributed by atoms with van der Waals surface area (Å²) in [5.74, 6) is 2.26. The molecule has 106 valence electrons. The van der Waals surface area contributed by atoms with E-state index in [0.717, 1.165) is 35.3 Å². The maximum absolute atomic E-state index is 12.4. The van der Waals surface area contributed by atoms with Crippen LogP contribution in [0.1, 0.15) is 23.3 Å². The van der Waals surface area contributed by atoms with Gasteiger partial charge in [-0.05, 0) is 42.5 Å². The molecule has 1 aromatic carbocycles. The quantitative estimate of drug-likeness (QED) is 0.922. The van der Waals surface area contributed by atoms with Crippen LogP contribution in [0.2, 0.25) is 5.02 Å². The Bertz CT molecular complexity index is 647. The lowest BCUT2D eigenvalue weighted by Gasteiger charge is -2.22. The standard InChI is InChI=1S/C15H17ClN2OS/c1-18-13-4-2-3-12(16)11(13)9-14(18)15(19)17-10-5-7-20-8-6-10/h2-4,9-10H,5-8H2,1H3,(H,17,19). The van der Waals surface area contributed by atoms with Crippen molar-refractivity contribution in [2.45, 2.75) is 18.9 Å². The van der Waals surface area contributed by atoms with E-state index in [2.05, 4.69) is 5.32 Å². The average Bonchev–Trinajstić information content (AvgIpc) is 2.79. The molecule has 5 heteroatoms. The first-order valence-electron chi connectivity index (χ1n) is 6.79. The van der Waals surface area contributed by atoms with E-state index >= 15 is 0 Å². The molecule has 1 aliphatic heterocycles. The minimum absolute atomic E-state index is 0.00309. The number of halogens is 1. The van der Waals surface area contributed by atoms with Crippen LogP contribution in [0, 0.1) is 0 Å². The first-order chi connectivity index (χ1) is 9.66. The zero-order valence-corrected chi connectivity index (χ0v) is 12.9. The van der Waals surface area contributed by atoms with Gasteiger partial charge in [-0.2, -0.15) is 11.8 Å². The molecule has 0 radical (unpaired) electrons. The molecule has 0 unspecified atom stereocenters. The summed E-state index contributed by atoms with van der Waals surface area (Å²) in [6.07, 6.45) is 2.11. The lowest BCUT2D eigenvalue weighted by Crippen LogP contribution is -2.38. The van der Waals surface area contributed by atoms with E-state index in [1.165, 1.54) is 0 Å². The number of aromatic nitrogens is 1. The Morgan fingerprint density at radius 3 is 2.85 bits per heavy atom. The number of hydrogen-bond acceptors (Lipinski definition) is 2. The Labute approximate surface area is 127 Å². The summed E-state index contributed by atoms with van der Waals surface area (Å²) in [6, 6.07) is 7.92. The van der Waals surface area contributed by atoms with Crippen LogP contribution in [0.25, 0.3) is 10.9 Å². The zero-order valence-electron chi connectivity index (χ0n) is 11.4. The van der Waals surface area contributed by atoms with E-state index < -0.39 is 0 Å². The smallest absolute Gasteiger partial charge is 0.268 e. The lowest BCUT2D eigenvalue weighted by molar-refractivity contribution is 0.0927. The molecule has 0 bridgehead atoms. The van der Waals surface area contributed by atoms with E-state index in [1.54, 1.807) is 0 Å². The summed E-state index contributed by atoms with van der Waals surface area (Å²) in [5, 5.41) is 4.76. The second kappa shape index (κ2) is 5.70. The topological polar surface area (TPSA) is 34.0 Å². The van der Waals surface area contributed by atoms with Crippen molar-refractivity contribution >= 4 is 40.2 Å². The van der Waals surface area contributed by atoms with Gasteiger partial charge in [0.25, 0.3) is 5.91 Å². The summed E-state index contributed by atoms with van der Waals surface area (Å²) in [4.78, 5) is 12.4. The Morgan fingerprint density at radius 2 is 2.15 bits per heavy atom. The van der Waals surface area contributed by atoms with Crippen LogP contribution in [0.4, 0.5) is 0 Å². The van der Waals surface area contributed by atoms with Crippen LogP contribution in [0.15, 0.2) is 24.3 Å². The van der Waals surface area contributed by atoms with Gasteiger partial charge in [0.1, 0.15) is 5.69 Å². The fourth-order valence-electron chi connectivity index (χ4n) is 2.64. The summed E-state index contributed by atoms with van der Waals surface area (Å²) < 4.78 is 1.91. The van der Waals surface area contributed by atoms with Gasteiger partial charge in [-0.25, -0.2) is 0 Å². The monoisotopic (exact) mass is 308 g/mol. The van der Waals surface area contributed by atoms with Gasteiger partial charge in [-0.3, -0.25) is 4.79 Å². The molecule has 1 N–H and O–H groups in total. The average molecular weight is 309 g/mol. The summed E-state index contributed by atoms with van der Waals surface area (Å²) in [6.45, 7) is 0. The summed E-state index contributed by atoms with van der Waals surface area (Å²) in [7, 11) is 1.91. The van der Waals surface area contributed by atoms with Crippen molar-refractivity contribution in [2.24, 2.45) is 7.05 Å². The van der Waals surface area contributed by atoms with E-state index in [9.17, 15) is 4.79 Å². The third kappa shape index (κ3) is 2.54. The number of nitrogens with one attached hydrogen (secondary N) is 1. The Hall–Kier alpha value is -1.13. The van der Waals surface area contributed by atoms with Gasteiger partial charge in [-0.15, -0.1) is 0 Å². The van der Waals surface area contributed by atoms with Crippen molar-refractivity contribution in [3.05, 3.63) is 35.0 Å². The van der Waals surface area contributed by atoms with Crippen LogP contribution < -0.4 is 5.32 Å². The molecule has 3 nitrogen and oxygen atoms in total. The Balaban J connectivity index is 1.87. The van der Waals surface area contributed by atoms with Crippen LogP contribution in [-0.2, 0) is 7.05 Å². The van der Waals surface area contributed by atoms with Gasteiger partial charge in [0.15, 0.2) is 0 Å². The summed E-state index contributed by atoms with van der Waals surface area (Å²) in [5.41, 5.74) is 1.66. The number of benzene rings is 1. The number of thioether (sulfide) groups is 1. The van der Waals surface area contributed by atoms with E-state index in [4.69, 9.17) is 11.6 Å². The highest BCUT2D eigenvalue weighted by molar-refractivity contribution is 7.99. The van der Waals surface area contributed by atoms with Crippen molar-refractivity contribution in [3.63, 3.8) is 0 Å². The number of hydrogen-bond donors (Lipinski definition) is 1. The minimum atomic E-state index is -0.00309. The number of nitrogens with zero attached hydrogens (tertiary/aromatic N) is 1. The van der Waals surface area contributed by atoms with Crippen LogP contribution in [-0.4, -0.2) is 28.0 Å². The van der Waals surface area contributed by atoms with E-state index in [0.29, 0.717) is 16.8 Å². The van der Waals surface area contributed by atoms with Crippen molar-refractivity contribution in [2.75, 3.05) is 11.5 Å². The van der Waals surface area contributed by atoms with Crippen molar-refractivity contribution in [1.82, 2.24) is 9.88 Å². The maximum Gasteiger partial charge on any atom is 0.268 e. The number of carbonyl (C=O) groups is 1. The molecule has 1 aliphatic rings. The van der Waals surface area contributed by atoms with Crippen molar-refractivity contribution < 1.29 is 4.79 Å². The number of fused-ring (bicyclic) bond motifs is 1. The largest absolute Gasteiger partial charge is 0.348 e. The first-order valence-corrected chi connectivity index (χ1v) is 8.32. The zero-order chi connectivity index (χ0) is 14.1. The molecule has 0 aliphatic carbocycles. The molecule has 0 spiro atoms. The number of amides is 1. The van der Waals surface area contributed by atoms with E-state index in [-0.39, 0.29) is 5.91 Å². The lowest BCUT2D eigenvalue weighted by atomic mass is 10.1. The van der Waals surface area contributed by atoms with Crippen LogP contribution in [0.5, 0.6) is 0 Å². The molecule has 0 atom stereocenters. The maximum atomic E-state index is 12.4. The highest BCUT2D eigenvalue weighted by Gasteiger charge is 2.20. The molecule has 20 heavy (non-hydrogen) atoms. The Kier molecular flexibility index (Phi) is 3.94. The normalized spacial score (nSPS) is 16.5. The van der Waals surface area contributed by atoms with Gasteiger partial charge in [0, 0.05) is 29.0 Å². The van der Waals surface area contributed by atoms with Gasteiger partial charge in [0.05, 0.1) is 0 Å². The molecule has 1 fully saturated rings. The molecule has 2 aromatic rings. The fraction of sp³-hybridized carbons (Fsp3) is 0.400. The van der Waals surface area contributed by atoms with Crippen LogP contribution >= 0.6 is 23.4 Å². The molecule has 2 heterocycles. The molecule has 1 amide bonds. The van der Waals surface area contributed by atoms with Crippen molar-refractivity contribution in [3.8, 4) is 0 Å². The highest BCUT2D eigenvalue weighted by Crippen LogP contribution is 2.26. The third-order valence-electron chi connectivity index (χ3n) is 3.82. The Morgan fingerprint density at radius 1 is 1.40 bits per heavy atom. The molecular weight excluding hydrogens is 292 g/mol. The first kappa shape index (κ1) is 13.8.